The minimum atomic E-state index is -0.796. The number of nitrogens with one attached hydrogen (secondary N) is 1. The van der Waals surface area contributed by atoms with Crippen LogP contribution < -0.4 is 5.43 Å². The van der Waals surface area contributed by atoms with Gasteiger partial charge in [0.25, 0.3) is 5.91 Å². The van der Waals surface area contributed by atoms with E-state index in [0.29, 0.717) is 12.8 Å². The Bertz CT molecular complexity index is 782. The van der Waals surface area contributed by atoms with Crippen molar-refractivity contribution in [2.24, 2.45) is 5.92 Å². The van der Waals surface area contributed by atoms with E-state index < -0.39 is 18.1 Å². The molecule has 0 spiro atoms. The monoisotopic (exact) mass is 459 g/mol. The van der Waals surface area contributed by atoms with Crippen LogP contribution in [0.4, 0.5) is 4.79 Å². The number of carboxylic acids is 1. The van der Waals surface area contributed by atoms with E-state index in [1.165, 1.54) is 16.3 Å². The number of hydrogen-bond donors (Lipinski definition) is 3. The van der Waals surface area contributed by atoms with Crippen molar-refractivity contribution in [2.75, 3.05) is 6.54 Å². The number of nitrogens with zero attached hydrogens (tertiary/aromatic N) is 2. The summed E-state index contributed by atoms with van der Waals surface area (Å²) in [6.07, 6.45) is 8.49. The summed E-state index contributed by atoms with van der Waals surface area (Å²) in [4.78, 5) is 38.3. The molecule has 1 aromatic rings. The van der Waals surface area contributed by atoms with E-state index in [4.69, 9.17) is 5.11 Å². The number of carbonyl (C=O) groups excluding carboxylic acids is 2. The van der Waals surface area contributed by atoms with Gasteiger partial charge in [-0.1, -0.05) is 68.9 Å². The summed E-state index contributed by atoms with van der Waals surface area (Å²) in [6.45, 7) is 0.467. The van der Waals surface area contributed by atoms with E-state index >= 15 is 0 Å². The van der Waals surface area contributed by atoms with Crippen molar-refractivity contribution in [1.29, 1.82) is 0 Å². The fourth-order valence-electron chi connectivity index (χ4n) is 4.83. The Morgan fingerprint density at radius 2 is 1.73 bits per heavy atom. The van der Waals surface area contributed by atoms with Gasteiger partial charge in [0.05, 0.1) is 12.6 Å². The number of aliphatic hydroxyl groups excluding tert-OH is 1. The van der Waals surface area contributed by atoms with Crippen LogP contribution in [0.15, 0.2) is 30.3 Å². The second-order valence-corrected chi connectivity index (χ2v) is 9.25. The van der Waals surface area contributed by atoms with Gasteiger partial charge >= 0.3 is 12.0 Å². The summed E-state index contributed by atoms with van der Waals surface area (Å²) in [5.74, 6) is -0.795. The van der Waals surface area contributed by atoms with Crippen LogP contribution in [0.5, 0.6) is 0 Å². The average Bonchev–Trinajstić information content (AvgIpc) is 3.04. The Balaban J connectivity index is 1.60. The number of urea groups is 1. The lowest BCUT2D eigenvalue weighted by atomic mass is 9.85. The highest BCUT2D eigenvalue weighted by atomic mass is 16.4. The van der Waals surface area contributed by atoms with Crippen molar-refractivity contribution in [2.45, 2.75) is 89.3 Å². The van der Waals surface area contributed by atoms with Crippen LogP contribution in [-0.4, -0.2) is 56.7 Å². The molecular weight excluding hydrogens is 422 g/mol. The molecule has 0 aromatic heterocycles. The van der Waals surface area contributed by atoms with Gasteiger partial charge in [0.2, 0.25) is 0 Å². The third-order valence-electron chi connectivity index (χ3n) is 6.77. The first-order valence-corrected chi connectivity index (χ1v) is 12.3. The van der Waals surface area contributed by atoms with Crippen LogP contribution in [0, 0.1) is 5.92 Å². The number of hydrazine groups is 1. The lowest BCUT2D eigenvalue weighted by molar-refractivity contribution is -0.137. The minimum Gasteiger partial charge on any atom is -0.481 e. The van der Waals surface area contributed by atoms with Crippen molar-refractivity contribution >= 4 is 17.9 Å². The van der Waals surface area contributed by atoms with E-state index in [0.717, 1.165) is 50.5 Å². The Morgan fingerprint density at radius 3 is 2.42 bits per heavy atom. The number of carboxylic acid groups (broad SMARTS) is 1. The number of hydrogen-bond acceptors (Lipinski definition) is 5. The first-order valence-electron chi connectivity index (χ1n) is 12.3. The maximum atomic E-state index is 13.2. The molecule has 1 saturated carbocycles. The van der Waals surface area contributed by atoms with E-state index in [2.05, 4.69) is 5.43 Å². The molecule has 1 aliphatic heterocycles. The molecule has 8 nitrogen and oxygen atoms in total. The molecule has 0 bridgehead atoms. The Hall–Kier alpha value is -2.45. The third kappa shape index (κ3) is 7.27. The lowest BCUT2D eigenvalue weighted by Gasteiger charge is -2.29. The number of aliphatic hydroxyl groups is 1. The van der Waals surface area contributed by atoms with E-state index in [-0.39, 0.29) is 37.4 Å². The third-order valence-corrected chi connectivity index (χ3v) is 6.77. The van der Waals surface area contributed by atoms with Gasteiger partial charge in [0.15, 0.2) is 0 Å². The summed E-state index contributed by atoms with van der Waals surface area (Å²) < 4.78 is 0. The molecule has 0 unspecified atom stereocenters. The van der Waals surface area contributed by atoms with Gasteiger partial charge in [0.1, 0.15) is 6.04 Å². The number of unbranched alkanes of at least 4 members (excludes halogenated alkanes) is 3. The van der Waals surface area contributed by atoms with Crippen molar-refractivity contribution in [1.82, 2.24) is 15.3 Å². The fourth-order valence-corrected chi connectivity index (χ4v) is 4.83. The zero-order chi connectivity index (χ0) is 23.6. The van der Waals surface area contributed by atoms with Gasteiger partial charge in [-0.3, -0.25) is 14.5 Å². The predicted molar refractivity (Wildman–Crippen MR) is 124 cm³/mol. The van der Waals surface area contributed by atoms with Gasteiger partial charge in [-0.15, -0.1) is 0 Å². The van der Waals surface area contributed by atoms with E-state index in [1.54, 1.807) is 0 Å². The molecule has 1 aromatic carbocycles. The summed E-state index contributed by atoms with van der Waals surface area (Å²) in [5, 5.41) is 20.8. The molecule has 1 heterocycles. The normalized spacial score (nSPS) is 20.5. The topological polar surface area (TPSA) is 110 Å². The smallest absolute Gasteiger partial charge is 0.342 e. The first kappa shape index (κ1) is 25.2. The highest BCUT2D eigenvalue weighted by Gasteiger charge is 2.45. The van der Waals surface area contributed by atoms with Crippen LogP contribution in [0.3, 0.4) is 0 Å². The van der Waals surface area contributed by atoms with Crippen molar-refractivity contribution < 1.29 is 24.6 Å². The van der Waals surface area contributed by atoms with E-state index in [1.807, 2.05) is 30.3 Å². The number of carbonyl (C=O) groups is 3. The minimum absolute atomic E-state index is 0.151. The van der Waals surface area contributed by atoms with E-state index in [9.17, 15) is 19.5 Å². The molecule has 8 heteroatoms. The van der Waals surface area contributed by atoms with Crippen LogP contribution >= 0.6 is 0 Å². The highest BCUT2D eigenvalue weighted by Crippen LogP contribution is 2.27. The number of amides is 3. The molecular formula is C25H37N3O5. The lowest BCUT2D eigenvalue weighted by Crippen LogP contribution is -2.49. The number of rotatable bonds is 13. The quantitative estimate of drug-likeness (QED) is 0.307. The molecule has 2 fully saturated rings. The second-order valence-electron chi connectivity index (χ2n) is 9.25. The average molecular weight is 460 g/mol. The zero-order valence-electron chi connectivity index (χ0n) is 19.3. The maximum absolute atomic E-state index is 13.2. The predicted octanol–water partition coefficient (Wildman–Crippen LogP) is 3.69. The summed E-state index contributed by atoms with van der Waals surface area (Å²) in [6, 6.07) is 8.44. The molecule has 3 amide bonds. The Morgan fingerprint density at radius 1 is 1.03 bits per heavy atom. The molecule has 0 radical (unpaired) electrons. The van der Waals surface area contributed by atoms with Gasteiger partial charge in [-0.05, 0) is 37.2 Å². The fraction of sp³-hybridized carbons (Fsp3) is 0.640. The molecule has 1 saturated heterocycles. The highest BCUT2D eigenvalue weighted by molar-refractivity contribution is 6.03. The molecule has 2 atom stereocenters. The standard InChI is InChI=1S/C25H37N3O5/c29-22(20-13-7-4-8-14-20)17-26-28-21(15-9-1-2-10-16-23(30)31)24(32)27(25(28)33)18-19-11-5-3-6-12-19/h3,5-6,11-12,20-22,26,29H,1-2,4,7-10,13-18H2,(H,30,31)/t21-,22-/m0/s1. The first-order chi connectivity index (χ1) is 16.0. The van der Waals surface area contributed by atoms with Crippen molar-refractivity contribution in [3.8, 4) is 0 Å². The number of aliphatic carboxylic acids is 1. The Kier molecular flexibility index (Phi) is 9.69. The second kappa shape index (κ2) is 12.7. The zero-order valence-corrected chi connectivity index (χ0v) is 19.3. The van der Waals surface area contributed by atoms with Gasteiger partial charge in [-0.25, -0.2) is 15.2 Å². The molecule has 182 valence electrons. The molecule has 3 N–H and O–H groups in total. The van der Waals surface area contributed by atoms with Gasteiger partial charge in [-0.2, -0.15) is 0 Å². The van der Waals surface area contributed by atoms with Crippen LogP contribution in [-0.2, 0) is 16.1 Å². The maximum Gasteiger partial charge on any atom is 0.342 e. The Labute approximate surface area is 195 Å². The summed E-state index contributed by atoms with van der Waals surface area (Å²) in [7, 11) is 0. The summed E-state index contributed by atoms with van der Waals surface area (Å²) >= 11 is 0. The number of imide groups is 1. The van der Waals surface area contributed by atoms with Crippen molar-refractivity contribution in [3.63, 3.8) is 0 Å². The van der Waals surface area contributed by atoms with Crippen LogP contribution in [0.2, 0.25) is 0 Å². The van der Waals surface area contributed by atoms with Crippen LogP contribution in [0.25, 0.3) is 0 Å². The molecule has 2 aliphatic rings. The van der Waals surface area contributed by atoms with Crippen molar-refractivity contribution in [3.05, 3.63) is 35.9 Å². The number of benzene rings is 1. The molecule has 1 aliphatic carbocycles. The molecule has 3 rings (SSSR count). The largest absolute Gasteiger partial charge is 0.481 e. The summed E-state index contributed by atoms with van der Waals surface area (Å²) in [5.41, 5.74) is 3.97. The molecule has 33 heavy (non-hydrogen) atoms. The van der Waals surface area contributed by atoms with Crippen LogP contribution in [0.1, 0.15) is 76.2 Å². The van der Waals surface area contributed by atoms with Gasteiger partial charge < -0.3 is 10.2 Å². The SMILES string of the molecule is O=C(O)CCCCCC[C@H]1C(=O)N(Cc2ccccc2)C(=O)N1NC[C@H](O)C1CCCCC1. The van der Waals surface area contributed by atoms with Gasteiger partial charge in [0, 0.05) is 13.0 Å².